The number of ether oxygens (including phenoxy) is 3. The van der Waals surface area contributed by atoms with Crippen LogP contribution in [0.4, 0.5) is 10.6 Å². The molecule has 7 nitrogen and oxygen atoms in total. The molecule has 194 valence electrons. The van der Waals surface area contributed by atoms with E-state index in [1.54, 1.807) is 18.8 Å². The van der Waals surface area contributed by atoms with Gasteiger partial charge in [-0.3, -0.25) is 0 Å². The van der Waals surface area contributed by atoms with Gasteiger partial charge in [0, 0.05) is 13.1 Å². The molecule has 8 heteroatoms. The van der Waals surface area contributed by atoms with Crippen molar-refractivity contribution in [2.45, 2.75) is 46.4 Å². The average molecular weight is 613 g/mol. The SMILES string of the molecule is COc1ccc(CN(Cc2ccc(OC)cc2)c2nc3cc(I)n(C(=O)OC(C)(C)C)c3cc2C)cc1. The minimum absolute atomic E-state index is 0.408. The first-order chi connectivity index (χ1) is 17.6. The lowest BCUT2D eigenvalue weighted by Crippen LogP contribution is -2.27. The molecule has 37 heavy (non-hydrogen) atoms. The number of fused-ring (bicyclic) bond motifs is 1. The maximum absolute atomic E-state index is 13.0. The summed E-state index contributed by atoms with van der Waals surface area (Å²) in [5.41, 5.74) is 4.12. The van der Waals surface area contributed by atoms with Gasteiger partial charge in [-0.1, -0.05) is 24.3 Å². The molecule has 0 spiro atoms. The maximum Gasteiger partial charge on any atom is 0.419 e. The van der Waals surface area contributed by atoms with Crippen LogP contribution in [0, 0.1) is 10.6 Å². The second-order valence-electron chi connectivity index (χ2n) is 9.87. The van der Waals surface area contributed by atoms with E-state index in [0.29, 0.717) is 13.1 Å². The van der Waals surface area contributed by atoms with Crippen LogP contribution in [0.25, 0.3) is 11.0 Å². The van der Waals surface area contributed by atoms with Crippen molar-refractivity contribution in [3.05, 3.63) is 81.1 Å². The Kier molecular flexibility index (Phi) is 7.96. The van der Waals surface area contributed by atoms with Gasteiger partial charge in [0.05, 0.1) is 29.0 Å². The minimum Gasteiger partial charge on any atom is -0.497 e. The van der Waals surface area contributed by atoms with Crippen LogP contribution in [0.15, 0.2) is 60.7 Å². The fourth-order valence-electron chi connectivity index (χ4n) is 4.10. The van der Waals surface area contributed by atoms with Crippen LogP contribution in [0.5, 0.6) is 11.5 Å². The maximum atomic E-state index is 13.0. The second kappa shape index (κ2) is 11.0. The van der Waals surface area contributed by atoms with Crippen molar-refractivity contribution in [3.63, 3.8) is 0 Å². The minimum atomic E-state index is -0.591. The predicted octanol–water partition coefficient (Wildman–Crippen LogP) is 6.96. The number of carbonyl (C=O) groups is 1. The fourth-order valence-corrected chi connectivity index (χ4v) is 4.85. The summed E-state index contributed by atoms with van der Waals surface area (Å²) in [5, 5.41) is 0. The normalized spacial score (nSPS) is 11.4. The Labute approximate surface area is 231 Å². The van der Waals surface area contributed by atoms with Crippen LogP contribution in [-0.4, -0.2) is 35.5 Å². The number of aromatic nitrogens is 2. The van der Waals surface area contributed by atoms with E-state index in [0.717, 1.165) is 48.7 Å². The molecule has 0 atom stereocenters. The molecule has 0 aliphatic carbocycles. The lowest BCUT2D eigenvalue weighted by Gasteiger charge is -2.26. The van der Waals surface area contributed by atoms with E-state index in [4.69, 9.17) is 19.2 Å². The van der Waals surface area contributed by atoms with Crippen LogP contribution in [-0.2, 0) is 17.8 Å². The summed E-state index contributed by atoms with van der Waals surface area (Å²) in [6, 6.07) is 20.1. The predicted molar refractivity (Wildman–Crippen MR) is 155 cm³/mol. The molecule has 0 aliphatic heterocycles. The van der Waals surface area contributed by atoms with Crippen molar-refractivity contribution in [2.24, 2.45) is 0 Å². The molecule has 0 bridgehead atoms. The van der Waals surface area contributed by atoms with E-state index in [9.17, 15) is 4.79 Å². The third-order valence-corrected chi connectivity index (χ3v) is 6.64. The van der Waals surface area contributed by atoms with Crippen LogP contribution in [0.3, 0.4) is 0 Å². The number of hydrogen-bond acceptors (Lipinski definition) is 6. The van der Waals surface area contributed by atoms with Gasteiger partial charge in [0.1, 0.15) is 22.9 Å². The van der Waals surface area contributed by atoms with Crippen LogP contribution in [0.1, 0.15) is 37.5 Å². The molecule has 0 fully saturated rings. The molecule has 0 unspecified atom stereocenters. The highest BCUT2D eigenvalue weighted by atomic mass is 127. The molecule has 0 saturated carbocycles. The highest BCUT2D eigenvalue weighted by Gasteiger charge is 2.23. The molecular formula is C29H32IN3O4. The number of rotatable bonds is 7. The number of carbonyl (C=O) groups excluding carboxylic acids is 1. The van der Waals surface area contributed by atoms with Crippen molar-refractivity contribution >= 4 is 45.5 Å². The molecule has 0 N–H and O–H groups in total. The summed E-state index contributed by atoms with van der Waals surface area (Å²) in [6.45, 7) is 8.92. The number of hydrogen-bond donors (Lipinski definition) is 0. The molecule has 0 radical (unpaired) electrons. The lowest BCUT2D eigenvalue weighted by atomic mass is 10.1. The molecule has 2 aromatic carbocycles. The van der Waals surface area contributed by atoms with Gasteiger partial charge in [-0.15, -0.1) is 0 Å². The summed E-state index contributed by atoms with van der Waals surface area (Å²) < 4.78 is 18.6. The van der Waals surface area contributed by atoms with E-state index in [1.165, 1.54) is 0 Å². The summed E-state index contributed by atoms with van der Waals surface area (Å²) in [7, 11) is 3.33. The largest absolute Gasteiger partial charge is 0.497 e. The van der Waals surface area contributed by atoms with E-state index in [2.05, 4.69) is 51.8 Å². The molecule has 2 heterocycles. The van der Waals surface area contributed by atoms with Gasteiger partial charge >= 0.3 is 6.09 Å². The van der Waals surface area contributed by atoms with Crippen molar-refractivity contribution < 1.29 is 19.0 Å². The zero-order valence-corrected chi connectivity index (χ0v) is 24.2. The zero-order chi connectivity index (χ0) is 26.7. The van der Waals surface area contributed by atoms with E-state index >= 15 is 0 Å². The Bertz CT molecular complexity index is 1340. The molecule has 0 amide bonds. The third kappa shape index (κ3) is 6.36. The van der Waals surface area contributed by atoms with E-state index in [-0.39, 0.29) is 0 Å². The van der Waals surface area contributed by atoms with Gasteiger partial charge in [-0.25, -0.2) is 14.3 Å². The number of methoxy groups -OCH3 is 2. The van der Waals surface area contributed by atoms with Crippen LogP contribution >= 0.6 is 22.6 Å². The number of pyridine rings is 1. The summed E-state index contributed by atoms with van der Waals surface area (Å²) in [6.07, 6.45) is -0.408. The van der Waals surface area contributed by atoms with Gasteiger partial charge in [0.2, 0.25) is 0 Å². The van der Waals surface area contributed by atoms with E-state index < -0.39 is 11.7 Å². The first-order valence-electron chi connectivity index (χ1n) is 12.0. The van der Waals surface area contributed by atoms with Gasteiger partial charge in [0.25, 0.3) is 0 Å². The molecular weight excluding hydrogens is 581 g/mol. The molecule has 4 aromatic rings. The smallest absolute Gasteiger partial charge is 0.419 e. The highest BCUT2D eigenvalue weighted by Crippen LogP contribution is 2.30. The van der Waals surface area contributed by atoms with Crippen molar-refractivity contribution in [2.75, 3.05) is 19.1 Å². The van der Waals surface area contributed by atoms with Gasteiger partial charge in [-0.2, -0.15) is 0 Å². The zero-order valence-electron chi connectivity index (χ0n) is 22.0. The Hall–Kier alpha value is -3.27. The van der Waals surface area contributed by atoms with Gasteiger partial charge in [-0.05, 0) is 103 Å². The third-order valence-electron chi connectivity index (χ3n) is 5.85. The number of benzene rings is 2. The van der Waals surface area contributed by atoms with Crippen molar-refractivity contribution in [3.8, 4) is 11.5 Å². The summed E-state index contributed by atoms with van der Waals surface area (Å²) in [5.74, 6) is 2.50. The molecule has 0 saturated heterocycles. The fraction of sp³-hybridized carbons (Fsp3) is 0.310. The van der Waals surface area contributed by atoms with Crippen LogP contribution in [0.2, 0.25) is 0 Å². The average Bonchev–Trinajstić information content (AvgIpc) is 3.17. The first-order valence-corrected chi connectivity index (χ1v) is 13.1. The number of nitrogens with zero attached hydrogens (tertiary/aromatic N) is 3. The first kappa shape index (κ1) is 26.8. The molecule has 0 aliphatic rings. The topological polar surface area (TPSA) is 65.8 Å². The monoisotopic (exact) mass is 613 g/mol. The number of anilines is 1. The molecule has 4 rings (SSSR count). The van der Waals surface area contributed by atoms with Crippen molar-refractivity contribution in [1.82, 2.24) is 9.55 Å². The Morgan fingerprint density at radius 1 is 0.919 bits per heavy atom. The lowest BCUT2D eigenvalue weighted by molar-refractivity contribution is 0.0540. The van der Waals surface area contributed by atoms with Crippen LogP contribution < -0.4 is 14.4 Å². The Balaban J connectivity index is 1.74. The number of aryl methyl sites for hydroxylation is 1. The number of halogens is 1. The Morgan fingerprint density at radius 3 is 1.89 bits per heavy atom. The summed E-state index contributed by atoms with van der Waals surface area (Å²) in [4.78, 5) is 20.2. The van der Waals surface area contributed by atoms with E-state index in [1.807, 2.05) is 64.1 Å². The summed E-state index contributed by atoms with van der Waals surface area (Å²) >= 11 is 2.16. The molecule has 2 aromatic heterocycles. The standard InChI is InChI=1S/C29H32IN3O4/c1-19-15-25-24(16-26(30)33(25)28(34)37-29(2,3)4)31-27(19)32(17-20-7-11-22(35-5)12-8-20)18-21-9-13-23(36-6)14-10-21/h7-16H,17-18H2,1-6H3. The van der Waals surface area contributed by atoms with Crippen molar-refractivity contribution in [1.29, 1.82) is 0 Å². The quantitative estimate of drug-likeness (QED) is 0.210. The van der Waals surface area contributed by atoms with Gasteiger partial charge < -0.3 is 19.1 Å². The second-order valence-corrected chi connectivity index (χ2v) is 11.0. The van der Waals surface area contributed by atoms with Gasteiger partial charge in [0.15, 0.2) is 0 Å². The highest BCUT2D eigenvalue weighted by molar-refractivity contribution is 14.1. The Morgan fingerprint density at radius 2 is 1.43 bits per heavy atom.